The molecule has 0 aromatic heterocycles. The number of carbonyl (C=O) groups is 1. The summed E-state index contributed by atoms with van der Waals surface area (Å²) in [4.78, 5) is 11.6. The molecule has 1 aliphatic heterocycles. The fraction of sp³-hybridized carbons (Fsp3) is 0.300. The first-order chi connectivity index (χ1) is 7.16. The second-order valence-electron chi connectivity index (χ2n) is 3.22. The number of thioether (sulfide) groups is 1. The molecule has 5 heteroatoms. The van der Waals surface area contributed by atoms with Gasteiger partial charge in [0.2, 0.25) is 0 Å². The first kappa shape index (κ1) is 10.8. The standard InChI is InChI=1S/C10H9ClO3S/c11-6-1-2-8(10(12)13)9(3-6)15-7-4-14-5-7/h1-3,7H,4-5H2,(H,12,13). The lowest BCUT2D eigenvalue weighted by molar-refractivity contribution is 0.0454. The highest BCUT2D eigenvalue weighted by Gasteiger charge is 2.22. The Morgan fingerprint density at radius 1 is 1.53 bits per heavy atom. The van der Waals surface area contributed by atoms with Crippen LogP contribution in [0.3, 0.4) is 0 Å². The molecule has 0 amide bonds. The molecule has 1 aliphatic rings. The summed E-state index contributed by atoms with van der Waals surface area (Å²) < 4.78 is 5.04. The number of rotatable bonds is 3. The van der Waals surface area contributed by atoms with Crippen LogP contribution in [0.15, 0.2) is 23.1 Å². The quantitative estimate of drug-likeness (QED) is 0.888. The van der Waals surface area contributed by atoms with E-state index in [4.69, 9.17) is 21.4 Å². The van der Waals surface area contributed by atoms with Crippen LogP contribution in [0.4, 0.5) is 0 Å². The summed E-state index contributed by atoms with van der Waals surface area (Å²) in [5, 5.41) is 9.88. The highest BCUT2D eigenvalue weighted by atomic mass is 35.5. The zero-order valence-corrected chi connectivity index (χ0v) is 9.35. The molecule has 0 unspecified atom stereocenters. The van der Waals surface area contributed by atoms with Gasteiger partial charge in [-0.15, -0.1) is 11.8 Å². The molecule has 1 fully saturated rings. The fourth-order valence-corrected chi connectivity index (χ4v) is 2.63. The predicted molar refractivity (Wildman–Crippen MR) is 58.9 cm³/mol. The van der Waals surface area contributed by atoms with E-state index in [1.807, 2.05) is 0 Å². The highest BCUT2D eigenvalue weighted by Crippen LogP contribution is 2.32. The van der Waals surface area contributed by atoms with Crippen LogP contribution in [0, 0.1) is 0 Å². The van der Waals surface area contributed by atoms with Gasteiger partial charge in [-0.1, -0.05) is 11.6 Å². The number of halogens is 1. The van der Waals surface area contributed by atoms with E-state index in [-0.39, 0.29) is 0 Å². The molecule has 1 aromatic rings. The molecule has 0 bridgehead atoms. The third kappa shape index (κ3) is 2.45. The summed E-state index contributed by atoms with van der Waals surface area (Å²) in [5.74, 6) is -0.922. The number of carboxylic acids is 1. The number of hydrogen-bond donors (Lipinski definition) is 1. The number of benzene rings is 1. The summed E-state index contributed by atoms with van der Waals surface area (Å²) in [6.45, 7) is 1.35. The van der Waals surface area contributed by atoms with E-state index in [1.165, 1.54) is 17.8 Å². The Kier molecular flexibility index (Phi) is 3.19. The van der Waals surface area contributed by atoms with Crippen LogP contribution in [0.5, 0.6) is 0 Å². The van der Waals surface area contributed by atoms with Crippen LogP contribution in [0.2, 0.25) is 5.02 Å². The Labute approximate surface area is 96.4 Å². The van der Waals surface area contributed by atoms with Crippen LogP contribution < -0.4 is 0 Å². The molecule has 1 saturated heterocycles. The van der Waals surface area contributed by atoms with E-state index in [0.717, 1.165) is 0 Å². The molecule has 0 saturated carbocycles. The summed E-state index contributed by atoms with van der Waals surface area (Å²) >= 11 is 7.34. The summed E-state index contributed by atoms with van der Waals surface area (Å²) in [6, 6.07) is 4.81. The van der Waals surface area contributed by atoms with Crippen molar-refractivity contribution in [2.75, 3.05) is 13.2 Å². The largest absolute Gasteiger partial charge is 0.478 e. The fourth-order valence-electron chi connectivity index (χ4n) is 1.23. The molecule has 3 nitrogen and oxygen atoms in total. The Morgan fingerprint density at radius 3 is 2.80 bits per heavy atom. The molecular weight excluding hydrogens is 236 g/mol. The van der Waals surface area contributed by atoms with Gasteiger partial charge in [0.1, 0.15) is 0 Å². The van der Waals surface area contributed by atoms with Gasteiger partial charge in [-0.3, -0.25) is 0 Å². The summed E-state index contributed by atoms with van der Waals surface area (Å²) in [5.41, 5.74) is 0.302. The monoisotopic (exact) mass is 244 g/mol. The van der Waals surface area contributed by atoms with E-state index in [0.29, 0.717) is 33.9 Å². The van der Waals surface area contributed by atoms with Crippen molar-refractivity contribution in [1.82, 2.24) is 0 Å². The summed E-state index contributed by atoms with van der Waals surface area (Å²) in [7, 11) is 0. The third-order valence-electron chi connectivity index (χ3n) is 2.08. The Balaban J connectivity index is 2.24. The smallest absolute Gasteiger partial charge is 0.336 e. The second-order valence-corrected chi connectivity index (χ2v) is 5.00. The van der Waals surface area contributed by atoms with Crippen LogP contribution in [0.1, 0.15) is 10.4 Å². The maximum Gasteiger partial charge on any atom is 0.336 e. The van der Waals surface area contributed by atoms with Crippen LogP contribution >= 0.6 is 23.4 Å². The van der Waals surface area contributed by atoms with Crippen molar-refractivity contribution >= 4 is 29.3 Å². The van der Waals surface area contributed by atoms with Gasteiger partial charge in [-0.05, 0) is 18.2 Å². The van der Waals surface area contributed by atoms with E-state index < -0.39 is 5.97 Å². The van der Waals surface area contributed by atoms with Gasteiger partial charge >= 0.3 is 5.97 Å². The van der Waals surface area contributed by atoms with E-state index in [9.17, 15) is 4.79 Å². The molecule has 1 aromatic carbocycles. The average Bonchev–Trinajstić information content (AvgIpc) is 2.11. The lowest BCUT2D eigenvalue weighted by Crippen LogP contribution is -2.30. The SMILES string of the molecule is O=C(O)c1ccc(Cl)cc1SC1COC1. The lowest BCUT2D eigenvalue weighted by atomic mass is 10.2. The van der Waals surface area contributed by atoms with Gasteiger partial charge in [0.05, 0.1) is 24.0 Å². The normalized spacial score (nSPS) is 16.1. The average molecular weight is 245 g/mol. The molecule has 1 heterocycles. The van der Waals surface area contributed by atoms with Crippen LogP contribution in [-0.2, 0) is 4.74 Å². The summed E-state index contributed by atoms with van der Waals surface area (Å²) in [6.07, 6.45) is 0. The third-order valence-corrected chi connectivity index (χ3v) is 3.51. The molecule has 0 aliphatic carbocycles. The van der Waals surface area contributed by atoms with Gasteiger partial charge in [-0.25, -0.2) is 4.79 Å². The van der Waals surface area contributed by atoms with Gasteiger partial charge < -0.3 is 9.84 Å². The Bertz CT molecular complexity index is 390. The Hall–Kier alpha value is -0.710. The molecule has 80 valence electrons. The van der Waals surface area contributed by atoms with Crippen molar-refractivity contribution in [1.29, 1.82) is 0 Å². The van der Waals surface area contributed by atoms with E-state index >= 15 is 0 Å². The molecule has 0 atom stereocenters. The van der Waals surface area contributed by atoms with Gasteiger partial charge in [-0.2, -0.15) is 0 Å². The van der Waals surface area contributed by atoms with Crippen LogP contribution in [-0.4, -0.2) is 29.5 Å². The molecule has 0 spiro atoms. The van der Waals surface area contributed by atoms with Crippen molar-refractivity contribution in [3.8, 4) is 0 Å². The topological polar surface area (TPSA) is 46.5 Å². The van der Waals surface area contributed by atoms with E-state index in [2.05, 4.69) is 0 Å². The van der Waals surface area contributed by atoms with Crippen LogP contribution in [0.25, 0.3) is 0 Å². The van der Waals surface area contributed by atoms with Crippen molar-refractivity contribution in [2.24, 2.45) is 0 Å². The molecule has 15 heavy (non-hydrogen) atoms. The molecule has 1 N–H and O–H groups in total. The predicted octanol–water partition coefficient (Wildman–Crippen LogP) is 2.53. The number of hydrogen-bond acceptors (Lipinski definition) is 3. The second kappa shape index (κ2) is 4.43. The zero-order chi connectivity index (χ0) is 10.8. The Morgan fingerprint density at radius 2 is 2.27 bits per heavy atom. The lowest BCUT2D eigenvalue weighted by Gasteiger charge is -2.25. The molecule has 2 rings (SSSR count). The molecular formula is C10H9ClO3S. The number of ether oxygens (including phenoxy) is 1. The van der Waals surface area contributed by atoms with Crippen molar-refractivity contribution in [3.05, 3.63) is 28.8 Å². The maximum atomic E-state index is 10.9. The number of carboxylic acid groups (broad SMARTS) is 1. The van der Waals surface area contributed by atoms with Gasteiger partial charge in [0.25, 0.3) is 0 Å². The first-order valence-corrected chi connectivity index (χ1v) is 5.70. The van der Waals surface area contributed by atoms with Crippen molar-refractivity contribution in [3.63, 3.8) is 0 Å². The molecule has 0 radical (unpaired) electrons. The minimum atomic E-state index is -0.922. The first-order valence-electron chi connectivity index (χ1n) is 4.44. The van der Waals surface area contributed by atoms with E-state index in [1.54, 1.807) is 12.1 Å². The van der Waals surface area contributed by atoms with Crippen molar-refractivity contribution in [2.45, 2.75) is 10.1 Å². The minimum absolute atomic E-state index is 0.302. The van der Waals surface area contributed by atoms with Gasteiger partial charge in [0.15, 0.2) is 0 Å². The zero-order valence-electron chi connectivity index (χ0n) is 7.77. The maximum absolute atomic E-state index is 10.9. The number of aromatic carboxylic acids is 1. The van der Waals surface area contributed by atoms with Gasteiger partial charge in [0, 0.05) is 9.92 Å². The van der Waals surface area contributed by atoms with Crippen molar-refractivity contribution < 1.29 is 14.6 Å². The highest BCUT2D eigenvalue weighted by molar-refractivity contribution is 8.00. The minimum Gasteiger partial charge on any atom is -0.478 e.